The van der Waals surface area contributed by atoms with Gasteiger partial charge in [0.2, 0.25) is 0 Å². The van der Waals surface area contributed by atoms with E-state index in [4.69, 9.17) is 0 Å². The molecule has 0 radical (unpaired) electrons. The number of aliphatic hydroxyl groups is 1. The van der Waals surface area contributed by atoms with Gasteiger partial charge in [0.15, 0.2) is 0 Å². The molecular weight excluding hydrogens is 272 g/mol. The summed E-state index contributed by atoms with van der Waals surface area (Å²) in [5.74, 6) is 0.862. The van der Waals surface area contributed by atoms with Gasteiger partial charge in [-0.2, -0.15) is 0 Å². The topological polar surface area (TPSA) is 61.4 Å². The fourth-order valence-corrected chi connectivity index (χ4v) is 3.10. The molecule has 0 aliphatic heterocycles. The van der Waals surface area contributed by atoms with Crippen LogP contribution in [0.2, 0.25) is 0 Å². The summed E-state index contributed by atoms with van der Waals surface area (Å²) < 4.78 is 0. The summed E-state index contributed by atoms with van der Waals surface area (Å²) in [4.78, 5) is 12.9. The van der Waals surface area contributed by atoms with Crippen LogP contribution in [0.1, 0.15) is 25.7 Å². The molecule has 5 heteroatoms. The Balaban J connectivity index is 1.56. The Labute approximate surface area is 124 Å². The fourth-order valence-electron chi connectivity index (χ4n) is 2.31. The van der Waals surface area contributed by atoms with Gasteiger partial charge in [0.05, 0.1) is 6.10 Å². The fraction of sp³-hybridized carbons (Fsp3) is 0.533. The van der Waals surface area contributed by atoms with Crippen molar-refractivity contribution in [3.05, 3.63) is 30.3 Å². The Morgan fingerprint density at radius 2 is 1.90 bits per heavy atom. The number of nitrogens with one attached hydrogen (secondary N) is 2. The Bertz CT molecular complexity index is 406. The van der Waals surface area contributed by atoms with E-state index < -0.39 is 0 Å². The molecule has 110 valence electrons. The van der Waals surface area contributed by atoms with Crippen LogP contribution in [0.3, 0.4) is 0 Å². The van der Waals surface area contributed by atoms with Crippen molar-refractivity contribution in [3.63, 3.8) is 0 Å². The standard InChI is InChI=1S/C15H22N2O2S/c18-13-8-6-12(7-9-13)17-15(19)16-10-11-20-14-4-2-1-3-5-14/h1-5,12-13,18H,6-11H2,(H2,16,17,19). The molecule has 0 saturated heterocycles. The number of hydrogen-bond acceptors (Lipinski definition) is 3. The van der Waals surface area contributed by atoms with Crippen LogP contribution < -0.4 is 10.6 Å². The smallest absolute Gasteiger partial charge is 0.315 e. The molecule has 1 aromatic rings. The predicted molar refractivity (Wildman–Crippen MR) is 82.0 cm³/mol. The number of amides is 2. The van der Waals surface area contributed by atoms with Crippen LogP contribution in [0.4, 0.5) is 4.79 Å². The van der Waals surface area contributed by atoms with E-state index in [0.29, 0.717) is 6.54 Å². The van der Waals surface area contributed by atoms with Crippen LogP contribution in [0.25, 0.3) is 0 Å². The number of thioether (sulfide) groups is 1. The van der Waals surface area contributed by atoms with Crippen molar-refractivity contribution in [2.45, 2.75) is 42.7 Å². The molecule has 1 fully saturated rings. The second-order valence-electron chi connectivity index (χ2n) is 5.07. The summed E-state index contributed by atoms with van der Waals surface area (Å²) in [7, 11) is 0. The Hall–Kier alpha value is -1.20. The molecule has 4 nitrogen and oxygen atoms in total. The van der Waals surface area contributed by atoms with E-state index in [-0.39, 0.29) is 18.2 Å². The second-order valence-corrected chi connectivity index (χ2v) is 6.24. The van der Waals surface area contributed by atoms with Gasteiger partial charge >= 0.3 is 6.03 Å². The van der Waals surface area contributed by atoms with Crippen molar-refractivity contribution in [1.82, 2.24) is 10.6 Å². The highest BCUT2D eigenvalue weighted by Gasteiger charge is 2.20. The summed E-state index contributed by atoms with van der Waals surface area (Å²) in [6, 6.07) is 10.3. The lowest BCUT2D eigenvalue weighted by atomic mass is 9.93. The number of urea groups is 1. The average molecular weight is 294 g/mol. The lowest BCUT2D eigenvalue weighted by Crippen LogP contribution is -2.44. The number of rotatable bonds is 5. The zero-order valence-electron chi connectivity index (χ0n) is 11.5. The molecule has 0 bridgehead atoms. The number of carbonyl (C=O) groups is 1. The minimum absolute atomic E-state index is 0.0972. The summed E-state index contributed by atoms with van der Waals surface area (Å²) in [6.07, 6.45) is 3.13. The van der Waals surface area contributed by atoms with Gasteiger partial charge in [-0.15, -0.1) is 11.8 Å². The van der Waals surface area contributed by atoms with E-state index in [1.807, 2.05) is 18.2 Å². The van der Waals surface area contributed by atoms with Gasteiger partial charge in [-0.05, 0) is 37.8 Å². The molecular formula is C15H22N2O2S. The number of carbonyl (C=O) groups excluding carboxylic acids is 1. The first-order chi connectivity index (χ1) is 9.74. The molecule has 1 aromatic carbocycles. The number of aliphatic hydroxyl groups excluding tert-OH is 1. The van der Waals surface area contributed by atoms with Crippen molar-refractivity contribution < 1.29 is 9.90 Å². The average Bonchev–Trinajstić information content (AvgIpc) is 2.47. The lowest BCUT2D eigenvalue weighted by Gasteiger charge is -2.26. The van der Waals surface area contributed by atoms with Gasteiger partial charge in [-0.3, -0.25) is 0 Å². The first-order valence-corrected chi connectivity index (χ1v) is 8.13. The molecule has 1 aliphatic rings. The van der Waals surface area contributed by atoms with Crippen molar-refractivity contribution in [2.24, 2.45) is 0 Å². The molecule has 3 N–H and O–H groups in total. The van der Waals surface area contributed by atoms with Crippen LogP contribution in [0.15, 0.2) is 35.2 Å². The number of hydrogen-bond donors (Lipinski definition) is 3. The minimum Gasteiger partial charge on any atom is -0.393 e. The monoisotopic (exact) mass is 294 g/mol. The zero-order chi connectivity index (χ0) is 14.2. The van der Waals surface area contributed by atoms with E-state index in [0.717, 1.165) is 31.4 Å². The van der Waals surface area contributed by atoms with Gasteiger partial charge in [0.1, 0.15) is 0 Å². The first-order valence-electron chi connectivity index (χ1n) is 7.14. The van der Waals surface area contributed by atoms with Crippen LogP contribution in [0.5, 0.6) is 0 Å². The van der Waals surface area contributed by atoms with E-state index in [9.17, 15) is 9.90 Å². The highest BCUT2D eigenvalue weighted by atomic mass is 32.2. The molecule has 0 aromatic heterocycles. The van der Waals surface area contributed by atoms with Crippen LogP contribution in [0, 0.1) is 0 Å². The van der Waals surface area contributed by atoms with E-state index >= 15 is 0 Å². The predicted octanol–water partition coefficient (Wildman–Crippen LogP) is 2.38. The molecule has 2 amide bonds. The third-order valence-electron chi connectivity index (χ3n) is 3.43. The third kappa shape index (κ3) is 5.43. The zero-order valence-corrected chi connectivity index (χ0v) is 12.4. The normalized spacial score (nSPS) is 22.2. The molecule has 0 spiro atoms. The summed E-state index contributed by atoms with van der Waals surface area (Å²) in [5, 5.41) is 15.3. The summed E-state index contributed by atoms with van der Waals surface area (Å²) in [5.41, 5.74) is 0. The molecule has 1 aliphatic carbocycles. The van der Waals surface area contributed by atoms with E-state index in [2.05, 4.69) is 22.8 Å². The Kier molecular flexibility index (Phi) is 6.21. The largest absolute Gasteiger partial charge is 0.393 e. The van der Waals surface area contributed by atoms with E-state index in [1.54, 1.807) is 11.8 Å². The SMILES string of the molecule is O=C(NCCSc1ccccc1)NC1CCC(O)CC1. The molecule has 1 saturated carbocycles. The van der Waals surface area contributed by atoms with E-state index in [1.165, 1.54) is 4.90 Å². The minimum atomic E-state index is -0.182. The maximum Gasteiger partial charge on any atom is 0.315 e. The van der Waals surface area contributed by atoms with Crippen LogP contribution >= 0.6 is 11.8 Å². The Morgan fingerprint density at radius 3 is 2.60 bits per heavy atom. The summed E-state index contributed by atoms with van der Waals surface area (Å²) in [6.45, 7) is 0.654. The second kappa shape index (κ2) is 8.17. The maximum absolute atomic E-state index is 11.7. The van der Waals surface area contributed by atoms with Gasteiger partial charge in [-0.1, -0.05) is 18.2 Å². The lowest BCUT2D eigenvalue weighted by molar-refractivity contribution is 0.117. The highest BCUT2D eigenvalue weighted by molar-refractivity contribution is 7.99. The van der Waals surface area contributed by atoms with Crippen molar-refractivity contribution in [3.8, 4) is 0 Å². The number of benzene rings is 1. The third-order valence-corrected chi connectivity index (χ3v) is 4.45. The van der Waals surface area contributed by atoms with Gasteiger partial charge in [-0.25, -0.2) is 4.79 Å². The highest BCUT2D eigenvalue weighted by Crippen LogP contribution is 2.18. The quantitative estimate of drug-likeness (QED) is 0.577. The van der Waals surface area contributed by atoms with Gasteiger partial charge < -0.3 is 15.7 Å². The maximum atomic E-state index is 11.7. The molecule has 20 heavy (non-hydrogen) atoms. The molecule has 0 unspecified atom stereocenters. The first kappa shape index (κ1) is 15.2. The van der Waals surface area contributed by atoms with Gasteiger partial charge in [0.25, 0.3) is 0 Å². The molecule has 2 rings (SSSR count). The van der Waals surface area contributed by atoms with Crippen molar-refractivity contribution >= 4 is 17.8 Å². The van der Waals surface area contributed by atoms with Crippen LogP contribution in [-0.2, 0) is 0 Å². The molecule has 0 heterocycles. The van der Waals surface area contributed by atoms with Crippen molar-refractivity contribution in [1.29, 1.82) is 0 Å². The van der Waals surface area contributed by atoms with Crippen LogP contribution in [-0.4, -0.2) is 35.6 Å². The Morgan fingerprint density at radius 1 is 1.20 bits per heavy atom. The summed E-state index contributed by atoms with van der Waals surface area (Å²) >= 11 is 1.73. The van der Waals surface area contributed by atoms with Gasteiger partial charge in [0, 0.05) is 23.2 Å². The molecule has 0 atom stereocenters. The van der Waals surface area contributed by atoms with Crippen molar-refractivity contribution in [2.75, 3.05) is 12.3 Å².